The Hall–Kier alpha value is -0.610. The summed E-state index contributed by atoms with van der Waals surface area (Å²) in [5, 5.41) is 12.2. The number of ether oxygens (including phenoxy) is 1. The molecule has 2 unspecified atom stereocenters. The third-order valence-electron chi connectivity index (χ3n) is 2.51. The van der Waals surface area contributed by atoms with Gasteiger partial charge in [0.2, 0.25) is 0 Å². The Labute approximate surface area is 91.0 Å². The summed E-state index contributed by atoms with van der Waals surface area (Å²) in [5.41, 5.74) is 0. The van der Waals surface area contributed by atoms with Crippen LogP contribution < -0.4 is 5.32 Å². The summed E-state index contributed by atoms with van der Waals surface area (Å²) < 4.78 is 5.28. The molecule has 0 aliphatic carbocycles. The average molecular weight is 215 g/mol. The summed E-state index contributed by atoms with van der Waals surface area (Å²) in [6.45, 7) is 6.59. The third kappa shape index (κ3) is 4.18. The predicted octanol–water partition coefficient (Wildman–Crippen LogP) is 0.687. The number of β-amino-alcohol motifs (C(OH)–C–C–N with tert-alkyl or cyclic N) is 1. The van der Waals surface area contributed by atoms with Crippen LogP contribution in [0.2, 0.25) is 0 Å². The van der Waals surface area contributed by atoms with Crippen molar-refractivity contribution in [2.75, 3.05) is 6.54 Å². The lowest BCUT2D eigenvalue weighted by molar-refractivity contribution is -0.151. The maximum Gasteiger partial charge on any atom is 0.323 e. The maximum absolute atomic E-state index is 11.6. The van der Waals surface area contributed by atoms with E-state index in [9.17, 15) is 9.90 Å². The topological polar surface area (TPSA) is 58.6 Å². The van der Waals surface area contributed by atoms with E-state index in [1.165, 1.54) is 0 Å². The van der Waals surface area contributed by atoms with Crippen LogP contribution in [0.3, 0.4) is 0 Å². The van der Waals surface area contributed by atoms with Crippen LogP contribution in [0.4, 0.5) is 0 Å². The number of aliphatic hydroxyl groups is 1. The summed E-state index contributed by atoms with van der Waals surface area (Å²) in [4.78, 5) is 11.6. The molecule has 1 aliphatic rings. The minimum atomic E-state index is -0.414. The van der Waals surface area contributed by atoms with Gasteiger partial charge in [-0.3, -0.25) is 4.79 Å². The molecule has 0 spiro atoms. The molecule has 0 aromatic carbocycles. The molecule has 1 fully saturated rings. The standard InChI is InChI=1S/C11H21NO3/c1-7(2)4-8(3)15-11(14)10-5-9(13)6-12-10/h7-10,12-13H,4-6H2,1-3H3/t8?,9?,10-/m0/s1. The van der Waals surface area contributed by atoms with E-state index in [0.717, 1.165) is 6.42 Å². The zero-order valence-corrected chi connectivity index (χ0v) is 9.69. The lowest BCUT2D eigenvalue weighted by Gasteiger charge is -2.17. The Morgan fingerprint density at radius 1 is 1.53 bits per heavy atom. The van der Waals surface area contributed by atoms with Crippen molar-refractivity contribution in [1.82, 2.24) is 5.32 Å². The number of carbonyl (C=O) groups excluding carboxylic acids is 1. The van der Waals surface area contributed by atoms with E-state index in [2.05, 4.69) is 19.2 Å². The first-order valence-electron chi connectivity index (χ1n) is 5.61. The first-order chi connectivity index (χ1) is 6.99. The molecule has 0 aromatic heterocycles. The van der Waals surface area contributed by atoms with E-state index in [0.29, 0.717) is 18.9 Å². The largest absolute Gasteiger partial charge is 0.461 e. The highest BCUT2D eigenvalue weighted by atomic mass is 16.5. The lowest BCUT2D eigenvalue weighted by atomic mass is 10.1. The molecule has 1 aliphatic heterocycles. The second-order valence-corrected chi connectivity index (χ2v) is 4.73. The van der Waals surface area contributed by atoms with Crippen LogP contribution in [0.5, 0.6) is 0 Å². The summed E-state index contributed by atoms with van der Waals surface area (Å²) >= 11 is 0. The second-order valence-electron chi connectivity index (χ2n) is 4.73. The number of aliphatic hydroxyl groups excluding tert-OH is 1. The van der Waals surface area contributed by atoms with E-state index < -0.39 is 6.10 Å². The summed E-state index contributed by atoms with van der Waals surface area (Å²) in [6, 6.07) is -0.324. The van der Waals surface area contributed by atoms with Gasteiger partial charge in [0.1, 0.15) is 6.04 Å². The van der Waals surface area contributed by atoms with Crippen molar-refractivity contribution >= 4 is 5.97 Å². The van der Waals surface area contributed by atoms with Crippen molar-refractivity contribution in [3.05, 3.63) is 0 Å². The molecule has 2 N–H and O–H groups in total. The van der Waals surface area contributed by atoms with Gasteiger partial charge in [0.05, 0.1) is 12.2 Å². The minimum absolute atomic E-state index is 0.0444. The van der Waals surface area contributed by atoms with Gasteiger partial charge in [-0.2, -0.15) is 0 Å². The highest BCUT2D eigenvalue weighted by molar-refractivity contribution is 5.76. The molecule has 0 aromatic rings. The molecule has 3 atom stereocenters. The number of carbonyl (C=O) groups is 1. The van der Waals surface area contributed by atoms with E-state index >= 15 is 0 Å². The lowest BCUT2D eigenvalue weighted by Crippen LogP contribution is -2.34. The summed E-state index contributed by atoms with van der Waals surface area (Å²) in [7, 11) is 0. The molecule has 88 valence electrons. The molecule has 0 radical (unpaired) electrons. The summed E-state index contributed by atoms with van der Waals surface area (Å²) in [6.07, 6.45) is 0.883. The van der Waals surface area contributed by atoms with Crippen LogP contribution in [0.1, 0.15) is 33.6 Å². The van der Waals surface area contributed by atoms with Gasteiger partial charge in [-0.05, 0) is 19.3 Å². The van der Waals surface area contributed by atoms with Crippen LogP contribution >= 0.6 is 0 Å². The number of esters is 1. The fourth-order valence-corrected chi connectivity index (χ4v) is 1.89. The van der Waals surface area contributed by atoms with Crippen LogP contribution in [0.25, 0.3) is 0 Å². The molecule has 0 saturated carbocycles. The van der Waals surface area contributed by atoms with E-state index in [4.69, 9.17) is 4.74 Å². The molecule has 0 bridgehead atoms. The molecule has 15 heavy (non-hydrogen) atoms. The second kappa shape index (κ2) is 5.47. The zero-order valence-electron chi connectivity index (χ0n) is 9.69. The quantitative estimate of drug-likeness (QED) is 0.677. The first-order valence-corrected chi connectivity index (χ1v) is 5.61. The molecular weight excluding hydrogens is 194 g/mol. The molecule has 1 saturated heterocycles. The van der Waals surface area contributed by atoms with Gasteiger partial charge in [-0.15, -0.1) is 0 Å². The van der Waals surface area contributed by atoms with E-state index in [-0.39, 0.29) is 18.1 Å². The Balaban J connectivity index is 2.29. The minimum Gasteiger partial charge on any atom is -0.461 e. The van der Waals surface area contributed by atoms with E-state index in [1.54, 1.807) is 0 Å². The van der Waals surface area contributed by atoms with Crippen molar-refractivity contribution in [2.45, 2.75) is 51.9 Å². The molecule has 0 amide bonds. The summed E-state index contributed by atoms with van der Waals surface area (Å²) in [5.74, 6) is 0.287. The molecule has 1 rings (SSSR count). The molecule has 4 heteroatoms. The van der Waals surface area contributed by atoms with Gasteiger partial charge in [-0.25, -0.2) is 0 Å². The van der Waals surface area contributed by atoms with Crippen molar-refractivity contribution in [2.24, 2.45) is 5.92 Å². The van der Waals surface area contributed by atoms with Crippen molar-refractivity contribution in [1.29, 1.82) is 0 Å². The Kier molecular flexibility index (Phi) is 4.54. The van der Waals surface area contributed by atoms with Crippen molar-refractivity contribution in [3.63, 3.8) is 0 Å². The third-order valence-corrected chi connectivity index (χ3v) is 2.51. The van der Waals surface area contributed by atoms with E-state index in [1.807, 2.05) is 6.92 Å². The van der Waals surface area contributed by atoms with Gasteiger partial charge < -0.3 is 15.2 Å². The fourth-order valence-electron chi connectivity index (χ4n) is 1.89. The number of nitrogens with one attached hydrogen (secondary N) is 1. The van der Waals surface area contributed by atoms with Gasteiger partial charge in [0, 0.05) is 13.0 Å². The Bertz CT molecular complexity index is 218. The number of hydrogen-bond donors (Lipinski definition) is 2. The van der Waals surface area contributed by atoms with Gasteiger partial charge in [0.25, 0.3) is 0 Å². The predicted molar refractivity (Wildman–Crippen MR) is 57.4 cm³/mol. The SMILES string of the molecule is CC(C)CC(C)OC(=O)[C@@H]1CC(O)CN1. The monoisotopic (exact) mass is 215 g/mol. The maximum atomic E-state index is 11.6. The molecule has 1 heterocycles. The van der Waals surface area contributed by atoms with Crippen LogP contribution in [0.15, 0.2) is 0 Å². The highest BCUT2D eigenvalue weighted by Crippen LogP contribution is 2.12. The zero-order chi connectivity index (χ0) is 11.4. The van der Waals surface area contributed by atoms with Crippen molar-refractivity contribution in [3.8, 4) is 0 Å². The number of hydrogen-bond acceptors (Lipinski definition) is 4. The van der Waals surface area contributed by atoms with Gasteiger partial charge >= 0.3 is 5.97 Å². The number of rotatable bonds is 4. The van der Waals surface area contributed by atoms with Gasteiger partial charge in [-0.1, -0.05) is 13.8 Å². The smallest absolute Gasteiger partial charge is 0.323 e. The highest BCUT2D eigenvalue weighted by Gasteiger charge is 2.30. The van der Waals surface area contributed by atoms with Gasteiger partial charge in [0.15, 0.2) is 0 Å². The first kappa shape index (κ1) is 12.5. The Morgan fingerprint density at radius 2 is 2.20 bits per heavy atom. The molecular formula is C11H21NO3. The fraction of sp³-hybridized carbons (Fsp3) is 0.909. The Morgan fingerprint density at radius 3 is 2.67 bits per heavy atom. The normalized spacial score (nSPS) is 28.1. The van der Waals surface area contributed by atoms with Crippen LogP contribution in [-0.2, 0) is 9.53 Å². The van der Waals surface area contributed by atoms with Crippen LogP contribution in [0, 0.1) is 5.92 Å². The average Bonchev–Trinajstić information content (AvgIpc) is 2.49. The molecule has 4 nitrogen and oxygen atoms in total. The van der Waals surface area contributed by atoms with Crippen LogP contribution in [-0.4, -0.2) is 35.9 Å². The van der Waals surface area contributed by atoms with Crippen molar-refractivity contribution < 1.29 is 14.6 Å².